The van der Waals surface area contributed by atoms with Gasteiger partial charge in [0.25, 0.3) is 0 Å². The largest absolute Gasteiger partial charge is 0.480 e. The Morgan fingerprint density at radius 3 is 2.52 bits per heavy atom. The Balaban J connectivity index is 0.00000400. The van der Waals surface area contributed by atoms with E-state index in [2.05, 4.69) is 4.98 Å². The van der Waals surface area contributed by atoms with Crippen molar-refractivity contribution in [3.63, 3.8) is 0 Å². The third kappa shape index (κ3) is 6.59. The summed E-state index contributed by atoms with van der Waals surface area (Å²) in [6.45, 7) is 5.54. The van der Waals surface area contributed by atoms with Gasteiger partial charge in [0.2, 0.25) is 0 Å². The van der Waals surface area contributed by atoms with Crippen molar-refractivity contribution in [1.29, 1.82) is 0 Å². The lowest BCUT2D eigenvalue weighted by atomic mass is 10.1. The number of carboxylic acids is 1. The van der Waals surface area contributed by atoms with E-state index in [1.54, 1.807) is 27.0 Å². The van der Waals surface area contributed by atoms with E-state index in [4.69, 9.17) is 10.5 Å². The van der Waals surface area contributed by atoms with Gasteiger partial charge in [0.15, 0.2) is 0 Å². The lowest BCUT2D eigenvalue weighted by molar-refractivity contribution is -0.155. The van der Waals surface area contributed by atoms with E-state index in [1.807, 2.05) is 0 Å². The van der Waals surface area contributed by atoms with Crippen LogP contribution >= 0.6 is 12.4 Å². The fraction of sp³-hybridized carbons (Fsp3) is 0.615. The average Bonchev–Trinajstić information content (AvgIpc) is 2.75. The first-order chi connectivity index (χ1) is 9.23. The number of esters is 1. The highest BCUT2D eigenvalue weighted by atomic mass is 35.5. The number of ether oxygens (including phenoxy) is 1. The molecule has 1 heterocycles. The van der Waals surface area contributed by atoms with E-state index in [9.17, 15) is 14.7 Å². The molecule has 8 heteroatoms. The molecule has 0 fully saturated rings. The summed E-state index contributed by atoms with van der Waals surface area (Å²) in [5, 5.41) is 9.22. The number of aliphatic carboxylic acids is 1. The summed E-state index contributed by atoms with van der Waals surface area (Å²) in [5.74, 6) is -1.43. The van der Waals surface area contributed by atoms with Crippen LogP contribution in [0.25, 0.3) is 0 Å². The molecule has 0 bridgehead atoms. The lowest BCUT2D eigenvalue weighted by Gasteiger charge is -2.20. The first kappa shape index (κ1) is 19.4. The monoisotopic (exact) mass is 319 g/mol. The lowest BCUT2D eigenvalue weighted by Crippen LogP contribution is -2.25. The van der Waals surface area contributed by atoms with Gasteiger partial charge in [-0.05, 0) is 27.2 Å². The standard InChI is InChI=1S/C13H21N3O4.ClH/c1-13(2,3)20-11(17)5-4-10(12(18)19)16-7-9(6-14)15-8-16;/h7-8,10H,4-6,14H2,1-3H3,(H,18,19);1H. The van der Waals surface area contributed by atoms with Crippen LogP contribution < -0.4 is 5.73 Å². The molecule has 1 unspecified atom stereocenters. The fourth-order valence-corrected chi connectivity index (χ4v) is 1.70. The van der Waals surface area contributed by atoms with E-state index >= 15 is 0 Å². The number of rotatable bonds is 6. The summed E-state index contributed by atoms with van der Waals surface area (Å²) in [6.07, 6.45) is 3.17. The van der Waals surface area contributed by atoms with Gasteiger partial charge < -0.3 is 20.1 Å². The molecule has 3 N–H and O–H groups in total. The topological polar surface area (TPSA) is 107 Å². The minimum atomic E-state index is -1.02. The van der Waals surface area contributed by atoms with Gasteiger partial charge in [-0.1, -0.05) is 0 Å². The van der Waals surface area contributed by atoms with Crippen LogP contribution in [0.4, 0.5) is 0 Å². The highest BCUT2D eigenvalue weighted by Gasteiger charge is 2.23. The molecule has 1 aromatic rings. The van der Waals surface area contributed by atoms with Crippen molar-refractivity contribution in [3.8, 4) is 0 Å². The van der Waals surface area contributed by atoms with Gasteiger partial charge in [-0.15, -0.1) is 12.4 Å². The number of carbonyl (C=O) groups excluding carboxylic acids is 1. The first-order valence-electron chi connectivity index (χ1n) is 6.40. The molecular weight excluding hydrogens is 298 g/mol. The zero-order valence-electron chi connectivity index (χ0n) is 12.4. The van der Waals surface area contributed by atoms with Crippen LogP contribution in [0.3, 0.4) is 0 Å². The Bertz CT molecular complexity index is 482. The van der Waals surface area contributed by atoms with Crippen molar-refractivity contribution in [2.75, 3.05) is 0 Å². The number of hydrogen-bond acceptors (Lipinski definition) is 5. The van der Waals surface area contributed by atoms with Crippen molar-refractivity contribution < 1.29 is 19.4 Å². The molecule has 0 saturated heterocycles. The zero-order valence-corrected chi connectivity index (χ0v) is 13.2. The average molecular weight is 320 g/mol. The van der Waals surface area contributed by atoms with Gasteiger partial charge in [-0.25, -0.2) is 9.78 Å². The van der Waals surface area contributed by atoms with Gasteiger partial charge in [-0.3, -0.25) is 4.79 Å². The van der Waals surface area contributed by atoms with Crippen LogP contribution in [0.1, 0.15) is 45.3 Å². The maximum atomic E-state index is 11.6. The van der Waals surface area contributed by atoms with Crippen molar-refractivity contribution in [2.45, 2.75) is 51.8 Å². The minimum Gasteiger partial charge on any atom is -0.480 e. The quantitative estimate of drug-likeness (QED) is 0.769. The number of carboxylic acid groups (broad SMARTS) is 1. The summed E-state index contributed by atoms with van der Waals surface area (Å²) in [4.78, 5) is 26.9. The molecule has 1 rings (SSSR count). The third-order valence-corrected chi connectivity index (χ3v) is 2.55. The van der Waals surface area contributed by atoms with Crippen LogP contribution in [0, 0.1) is 0 Å². The Morgan fingerprint density at radius 1 is 1.48 bits per heavy atom. The van der Waals surface area contributed by atoms with Crippen molar-refractivity contribution in [3.05, 3.63) is 18.2 Å². The fourth-order valence-electron chi connectivity index (χ4n) is 1.70. The molecular formula is C13H22ClN3O4. The first-order valence-corrected chi connectivity index (χ1v) is 6.40. The second kappa shape index (κ2) is 7.99. The highest BCUT2D eigenvalue weighted by molar-refractivity contribution is 5.85. The molecule has 0 aliphatic carbocycles. The van der Waals surface area contributed by atoms with E-state index in [-0.39, 0.29) is 31.8 Å². The minimum absolute atomic E-state index is 0. The molecule has 0 amide bonds. The van der Waals surface area contributed by atoms with E-state index in [0.717, 1.165) is 0 Å². The highest BCUT2D eigenvalue weighted by Crippen LogP contribution is 2.17. The number of carbonyl (C=O) groups is 2. The predicted octanol–water partition coefficient (Wildman–Crippen LogP) is 1.51. The molecule has 7 nitrogen and oxygen atoms in total. The molecule has 0 aliphatic heterocycles. The Hall–Kier alpha value is -1.60. The van der Waals surface area contributed by atoms with E-state index in [0.29, 0.717) is 5.69 Å². The molecule has 0 radical (unpaired) electrons. The van der Waals surface area contributed by atoms with Gasteiger partial charge in [0.1, 0.15) is 11.6 Å². The molecule has 0 saturated carbocycles. The number of halogens is 1. The summed E-state index contributed by atoms with van der Waals surface area (Å²) in [5.41, 5.74) is 5.47. The summed E-state index contributed by atoms with van der Waals surface area (Å²) < 4.78 is 6.61. The predicted molar refractivity (Wildman–Crippen MR) is 79.1 cm³/mol. The van der Waals surface area contributed by atoms with Crippen LogP contribution in [0.15, 0.2) is 12.5 Å². The second-order valence-electron chi connectivity index (χ2n) is 5.50. The molecule has 0 spiro atoms. The van der Waals surface area contributed by atoms with E-state index < -0.39 is 23.6 Å². The normalized spacial score (nSPS) is 12.4. The van der Waals surface area contributed by atoms with Crippen LogP contribution in [0.2, 0.25) is 0 Å². The van der Waals surface area contributed by atoms with Crippen LogP contribution in [-0.2, 0) is 20.9 Å². The summed E-state index contributed by atoms with van der Waals surface area (Å²) >= 11 is 0. The smallest absolute Gasteiger partial charge is 0.326 e. The van der Waals surface area contributed by atoms with Gasteiger partial charge in [-0.2, -0.15) is 0 Å². The van der Waals surface area contributed by atoms with E-state index in [1.165, 1.54) is 10.9 Å². The molecule has 1 aromatic heterocycles. The molecule has 120 valence electrons. The molecule has 0 aliphatic rings. The van der Waals surface area contributed by atoms with Gasteiger partial charge >= 0.3 is 11.9 Å². The molecule has 0 aromatic carbocycles. The van der Waals surface area contributed by atoms with Crippen molar-refractivity contribution in [2.24, 2.45) is 5.73 Å². The van der Waals surface area contributed by atoms with Gasteiger partial charge in [0, 0.05) is 19.2 Å². The number of hydrogen-bond donors (Lipinski definition) is 2. The number of aromatic nitrogens is 2. The van der Waals surface area contributed by atoms with Crippen LogP contribution in [0.5, 0.6) is 0 Å². The SMILES string of the molecule is CC(C)(C)OC(=O)CCC(C(=O)O)n1cnc(CN)c1.Cl. The number of imidazole rings is 1. The maximum absolute atomic E-state index is 11.6. The number of nitrogens with zero attached hydrogens (tertiary/aromatic N) is 2. The number of nitrogens with two attached hydrogens (primary N) is 1. The third-order valence-electron chi connectivity index (χ3n) is 2.55. The van der Waals surface area contributed by atoms with Crippen LogP contribution in [-0.4, -0.2) is 32.2 Å². The maximum Gasteiger partial charge on any atom is 0.326 e. The van der Waals surface area contributed by atoms with Crippen molar-refractivity contribution in [1.82, 2.24) is 9.55 Å². The Labute approximate surface area is 129 Å². The van der Waals surface area contributed by atoms with Crippen molar-refractivity contribution >= 4 is 24.3 Å². The van der Waals surface area contributed by atoms with Gasteiger partial charge in [0.05, 0.1) is 12.0 Å². The summed E-state index contributed by atoms with van der Waals surface area (Å²) in [6, 6.07) is -0.852. The Kier molecular flexibility index (Phi) is 7.38. The molecule has 21 heavy (non-hydrogen) atoms. The zero-order chi connectivity index (χ0) is 15.3. The second-order valence-corrected chi connectivity index (χ2v) is 5.50. The Morgan fingerprint density at radius 2 is 2.10 bits per heavy atom. The summed E-state index contributed by atoms with van der Waals surface area (Å²) in [7, 11) is 0. The molecule has 1 atom stereocenters.